The van der Waals surface area contributed by atoms with Crippen molar-refractivity contribution in [2.75, 3.05) is 0 Å². The van der Waals surface area contributed by atoms with Crippen LogP contribution in [0.3, 0.4) is 0 Å². The minimum absolute atomic E-state index is 0.260. The van der Waals surface area contributed by atoms with Crippen LogP contribution in [0.2, 0.25) is 0 Å². The van der Waals surface area contributed by atoms with Gasteiger partial charge in [0.25, 0.3) is 0 Å². The molecule has 0 saturated heterocycles. The minimum atomic E-state index is -1.08. The minimum Gasteiger partial charge on any atom is -0.480 e. The Morgan fingerprint density at radius 1 is 1.88 bits per heavy atom. The van der Waals surface area contributed by atoms with Crippen LogP contribution in [0.5, 0.6) is 0 Å². The van der Waals surface area contributed by atoms with Crippen LogP contribution in [0.1, 0.15) is 0 Å². The maximum absolute atomic E-state index is 9.91. The van der Waals surface area contributed by atoms with E-state index in [-0.39, 0.29) is 12.0 Å². The van der Waals surface area contributed by atoms with Gasteiger partial charge in [0.2, 0.25) is 0 Å². The van der Waals surface area contributed by atoms with Crippen molar-refractivity contribution in [1.29, 1.82) is 0 Å². The SMILES string of the molecule is C=CC(SO)C(=O)O. The Hall–Kier alpha value is -0.480. The molecule has 3 nitrogen and oxygen atoms in total. The summed E-state index contributed by atoms with van der Waals surface area (Å²) in [7, 11) is 0. The van der Waals surface area contributed by atoms with Crippen molar-refractivity contribution in [1.82, 2.24) is 0 Å². The van der Waals surface area contributed by atoms with Gasteiger partial charge in [0.05, 0.1) is 0 Å². The molecule has 0 bridgehead atoms. The molecule has 0 radical (unpaired) electrons. The van der Waals surface area contributed by atoms with E-state index in [1.807, 2.05) is 0 Å². The van der Waals surface area contributed by atoms with E-state index < -0.39 is 11.2 Å². The number of carboxylic acids is 1. The number of carbonyl (C=O) groups is 1. The Balaban J connectivity index is 3.69. The van der Waals surface area contributed by atoms with Crippen molar-refractivity contribution in [3.8, 4) is 0 Å². The van der Waals surface area contributed by atoms with Crippen LogP contribution in [0.15, 0.2) is 12.7 Å². The molecule has 8 heavy (non-hydrogen) atoms. The summed E-state index contributed by atoms with van der Waals surface area (Å²) in [6.45, 7) is 3.19. The maximum atomic E-state index is 9.91. The van der Waals surface area contributed by atoms with Crippen LogP contribution in [0, 0.1) is 0 Å². The van der Waals surface area contributed by atoms with E-state index in [0.717, 1.165) is 6.08 Å². The Labute approximate surface area is 51.2 Å². The first-order valence-electron chi connectivity index (χ1n) is 1.88. The zero-order valence-corrected chi connectivity index (χ0v) is 4.89. The van der Waals surface area contributed by atoms with Gasteiger partial charge in [0, 0.05) is 12.0 Å². The Bertz CT molecular complexity index is 101. The van der Waals surface area contributed by atoms with Crippen molar-refractivity contribution < 1.29 is 14.5 Å². The van der Waals surface area contributed by atoms with Gasteiger partial charge in [-0.15, -0.1) is 6.58 Å². The third-order valence-corrected chi connectivity index (χ3v) is 1.19. The van der Waals surface area contributed by atoms with E-state index in [1.165, 1.54) is 0 Å². The molecule has 0 aromatic heterocycles. The van der Waals surface area contributed by atoms with Crippen LogP contribution >= 0.6 is 12.0 Å². The molecule has 0 amide bonds. The third kappa shape index (κ3) is 1.99. The lowest BCUT2D eigenvalue weighted by Crippen LogP contribution is -2.11. The predicted molar refractivity (Wildman–Crippen MR) is 31.8 cm³/mol. The molecule has 1 unspecified atom stereocenters. The van der Waals surface area contributed by atoms with Crippen LogP contribution in [-0.4, -0.2) is 20.9 Å². The third-order valence-electron chi connectivity index (χ3n) is 0.571. The van der Waals surface area contributed by atoms with Crippen molar-refractivity contribution >= 4 is 18.0 Å². The molecule has 0 aliphatic heterocycles. The predicted octanol–water partition coefficient (Wildman–Crippen LogP) is 0.832. The molecule has 0 aliphatic rings. The molecule has 0 heterocycles. The van der Waals surface area contributed by atoms with Crippen molar-refractivity contribution in [2.24, 2.45) is 0 Å². The zero-order chi connectivity index (χ0) is 6.57. The summed E-state index contributed by atoms with van der Waals surface area (Å²) < 4.78 is 8.16. The topological polar surface area (TPSA) is 57.5 Å². The number of hydrogen-bond donors (Lipinski definition) is 2. The molecular formula is C4H6O3S. The van der Waals surface area contributed by atoms with E-state index >= 15 is 0 Å². The molecule has 0 aromatic carbocycles. The normalized spacial score (nSPS) is 12.6. The summed E-state index contributed by atoms with van der Waals surface area (Å²) in [4.78, 5) is 9.91. The van der Waals surface area contributed by atoms with Gasteiger partial charge in [-0.05, 0) is 0 Å². The van der Waals surface area contributed by atoms with Crippen molar-refractivity contribution in [2.45, 2.75) is 5.25 Å². The molecular weight excluding hydrogens is 128 g/mol. The van der Waals surface area contributed by atoms with Gasteiger partial charge in [0.15, 0.2) is 0 Å². The molecule has 1 atom stereocenters. The first-order valence-corrected chi connectivity index (χ1v) is 2.71. The highest BCUT2D eigenvalue weighted by molar-refractivity contribution is 7.95. The molecule has 0 rings (SSSR count). The van der Waals surface area contributed by atoms with Gasteiger partial charge in [0.1, 0.15) is 5.25 Å². The molecule has 0 aliphatic carbocycles. The fraction of sp³-hybridized carbons (Fsp3) is 0.250. The lowest BCUT2D eigenvalue weighted by molar-refractivity contribution is -0.135. The smallest absolute Gasteiger partial charge is 0.322 e. The summed E-state index contributed by atoms with van der Waals surface area (Å²) in [6, 6.07) is 0. The lowest BCUT2D eigenvalue weighted by Gasteiger charge is -1.96. The quantitative estimate of drug-likeness (QED) is 0.443. The zero-order valence-electron chi connectivity index (χ0n) is 4.07. The van der Waals surface area contributed by atoms with E-state index in [4.69, 9.17) is 9.66 Å². The van der Waals surface area contributed by atoms with E-state index in [1.54, 1.807) is 0 Å². The summed E-state index contributed by atoms with van der Waals surface area (Å²) in [5.41, 5.74) is 0. The lowest BCUT2D eigenvalue weighted by atomic mass is 10.4. The maximum Gasteiger partial charge on any atom is 0.322 e. The van der Waals surface area contributed by atoms with Crippen LogP contribution in [0.25, 0.3) is 0 Å². The molecule has 0 aromatic rings. The number of carboxylic acid groups (broad SMARTS) is 1. The van der Waals surface area contributed by atoms with Gasteiger partial charge in [-0.3, -0.25) is 4.79 Å². The van der Waals surface area contributed by atoms with E-state index in [0.29, 0.717) is 0 Å². The van der Waals surface area contributed by atoms with Crippen LogP contribution < -0.4 is 0 Å². The highest BCUT2D eigenvalue weighted by atomic mass is 32.2. The van der Waals surface area contributed by atoms with Crippen molar-refractivity contribution in [3.05, 3.63) is 12.7 Å². The first-order chi connectivity index (χ1) is 3.72. The van der Waals surface area contributed by atoms with Crippen molar-refractivity contribution in [3.63, 3.8) is 0 Å². The van der Waals surface area contributed by atoms with Gasteiger partial charge in [-0.2, -0.15) is 0 Å². The Morgan fingerprint density at radius 2 is 2.38 bits per heavy atom. The standard InChI is InChI=1S/C4H6O3S/c1-2-3(8-7)4(5)6/h2-3,7H,1H2,(H,5,6). The van der Waals surface area contributed by atoms with Gasteiger partial charge in [-0.25, -0.2) is 0 Å². The second-order valence-electron chi connectivity index (χ2n) is 1.10. The number of aliphatic carboxylic acids is 1. The molecule has 0 fully saturated rings. The first kappa shape index (κ1) is 7.52. The number of hydrogen-bond acceptors (Lipinski definition) is 3. The molecule has 0 saturated carbocycles. The largest absolute Gasteiger partial charge is 0.480 e. The van der Waals surface area contributed by atoms with Crippen LogP contribution in [0.4, 0.5) is 0 Å². The van der Waals surface area contributed by atoms with Crippen LogP contribution in [-0.2, 0) is 4.79 Å². The monoisotopic (exact) mass is 134 g/mol. The van der Waals surface area contributed by atoms with Gasteiger partial charge < -0.3 is 9.66 Å². The highest BCUT2D eigenvalue weighted by Crippen LogP contribution is 2.05. The summed E-state index contributed by atoms with van der Waals surface area (Å²) in [5.74, 6) is -1.08. The summed E-state index contributed by atoms with van der Waals surface area (Å²) in [5, 5.41) is 7.23. The highest BCUT2D eigenvalue weighted by Gasteiger charge is 2.11. The molecule has 4 heteroatoms. The van der Waals surface area contributed by atoms with Gasteiger partial charge in [-0.1, -0.05) is 6.08 Å². The summed E-state index contributed by atoms with van der Waals surface area (Å²) >= 11 is 0.260. The summed E-state index contributed by atoms with van der Waals surface area (Å²) in [6.07, 6.45) is 1.16. The second kappa shape index (κ2) is 3.51. The fourth-order valence-corrected chi connectivity index (χ4v) is 0.365. The second-order valence-corrected chi connectivity index (χ2v) is 1.82. The molecule has 2 N–H and O–H groups in total. The Morgan fingerprint density at radius 3 is 2.38 bits per heavy atom. The average Bonchev–Trinajstić information content (AvgIpc) is 1.69. The Kier molecular flexibility index (Phi) is 3.30. The van der Waals surface area contributed by atoms with E-state index in [2.05, 4.69) is 6.58 Å². The molecule has 46 valence electrons. The average molecular weight is 134 g/mol. The number of rotatable bonds is 3. The molecule has 0 spiro atoms. The van der Waals surface area contributed by atoms with Gasteiger partial charge >= 0.3 is 5.97 Å². The van der Waals surface area contributed by atoms with E-state index in [9.17, 15) is 4.79 Å². The fourth-order valence-electron chi connectivity index (χ4n) is 0.189.